The summed E-state index contributed by atoms with van der Waals surface area (Å²) in [5.41, 5.74) is 35.8. The summed E-state index contributed by atoms with van der Waals surface area (Å²) in [6, 6.07) is 10.2. The van der Waals surface area contributed by atoms with Gasteiger partial charge in [0.05, 0.1) is 28.4 Å². The van der Waals surface area contributed by atoms with Gasteiger partial charge in [-0.15, -0.1) is 0 Å². The van der Waals surface area contributed by atoms with E-state index in [0.29, 0.717) is 34.1 Å². The van der Waals surface area contributed by atoms with E-state index < -0.39 is 0 Å². The maximum Gasteiger partial charge on any atom is 0.0781 e. The summed E-state index contributed by atoms with van der Waals surface area (Å²) in [5, 5.41) is 0. The standard InChI is InChI=1S/2C6H9N3/c7-4-1-2-5(8)6(9)3-4;7-4-2-1-3-5(8)6(4)9/h2*1-3H,7-9H2. The van der Waals surface area contributed by atoms with E-state index in [1.807, 2.05) is 0 Å². The van der Waals surface area contributed by atoms with Gasteiger partial charge in [0.25, 0.3) is 0 Å². The van der Waals surface area contributed by atoms with Crippen molar-refractivity contribution in [1.82, 2.24) is 0 Å². The van der Waals surface area contributed by atoms with Gasteiger partial charge >= 0.3 is 0 Å². The summed E-state index contributed by atoms with van der Waals surface area (Å²) in [6.45, 7) is 0. The number of rotatable bonds is 0. The van der Waals surface area contributed by atoms with Crippen molar-refractivity contribution >= 4 is 34.1 Å². The first kappa shape index (κ1) is 13.3. The van der Waals surface area contributed by atoms with E-state index in [2.05, 4.69) is 0 Å². The second-order valence-corrected chi connectivity index (χ2v) is 3.74. The molecule has 0 radical (unpaired) electrons. The zero-order valence-electron chi connectivity index (χ0n) is 9.93. The predicted molar refractivity (Wildman–Crippen MR) is 79.4 cm³/mol. The monoisotopic (exact) mass is 246 g/mol. The van der Waals surface area contributed by atoms with Gasteiger partial charge in [0.15, 0.2) is 0 Å². The Kier molecular flexibility index (Phi) is 4.09. The third kappa shape index (κ3) is 3.38. The molecule has 0 aliphatic carbocycles. The molecule has 0 spiro atoms. The second kappa shape index (κ2) is 5.53. The third-order valence-corrected chi connectivity index (χ3v) is 2.28. The molecule has 0 aliphatic rings. The first-order valence-electron chi connectivity index (χ1n) is 5.21. The first-order valence-corrected chi connectivity index (χ1v) is 5.21. The number of hydrogen-bond donors (Lipinski definition) is 6. The summed E-state index contributed by atoms with van der Waals surface area (Å²) in [5.74, 6) is 0. The minimum Gasteiger partial charge on any atom is -0.399 e. The molecule has 0 aromatic heterocycles. The van der Waals surface area contributed by atoms with Gasteiger partial charge in [0.2, 0.25) is 0 Å². The van der Waals surface area contributed by atoms with Crippen LogP contribution in [0.2, 0.25) is 0 Å². The Labute approximate surface area is 106 Å². The molecule has 0 saturated heterocycles. The SMILES string of the molecule is Nc1ccc(N)c(N)c1.Nc1cccc(N)c1N. The number of hydrogen-bond acceptors (Lipinski definition) is 6. The predicted octanol–water partition coefficient (Wildman–Crippen LogP) is 0.866. The maximum absolute atomic E-state index is 5.43. The van der Waals surface area contributed by atoms with E-state index in [0.717, 1.165) is 0 Å². The molecule has 0 unspecified atom stereocenters. The Morgan fingerprint density at radius 1 is 0.556 bits per heavy atom. The molecule has 18 heavy (non-hydrogen) atoms. The Morgan fingerprint density at radius 3 is 1.50 bits per heavy atom. The van der Waals surface area contributed by atoms with Crippen molar-refractivity contribution < 1.29 is 0 Å². The van der Waals surface area contributed by atoms with Crippen molar-refractivity contribution in [2.75, 3.05) is 34.4 Å². The highest BCUT2D eigenvalue weighted by Gasteiger charge is 1.94. The van der Waals surface area contributed by atoms with Crippen molar-refractivity contribution in [3.8, 4) is 0 Å². The summed E-state index contributed by atoms with van der Waals surface area (Å²) in [4.78, 5) is 0. The second-order valence-electron chi connectivity index (χ2n) is 3.74. The Morgan fingerprint density at radius 2 is 1.11 bits per heavy atom. The normalized spacial score (nSPS) is 9.33. The molecule has 0 heterocycles. The zero-order valence-corrected chi connectivity index (χ0v) is 9.93. The number of para-hydroxylation sites is 1. The molecule has 6 nitrogen and oxygen atoms in total. The fourth-order valence-corrected chi connectivity index (χ4v) is 1.19. The van der Waals surface area contributed by atoms with Crippen molar-refractivity contribution in [2.45, 2.75) is 0 Å². The summed E-state index contributed by atoms with van der Waals surface area (Å²) < 4.78 is 0. The van der Waals surface area contributed by atoms with Gasteiger partial charge in [0, 0.05) is 5.69 Å². The Bertz CT molecular complexity index is 518. The van der Waals surface area contributed by atoms with Crippen LogP contribution in [-0.4, -0.2) is 0 Å². The van der Waals surface area contributed by atoms with E-state index in [1.54, 1.807) is 36.4 Å². The van der Waals surface area contributed by atoms with Gasteiger partial charge in [-0.05, 0) is 30.3 Å². The van der Waals surface area contributed by atoms with Gasteiger partial charge in [-0.3, -0.25) is 0 Å². The van der Waals surface area contributed by atoms with Crippen LogP contribution >= 0.6 is 0 Å². The lowest BCUT2D eigenvalue weighted by Gasteiger charge is -2.00. The van der Waals surface area contributed by atoms with Crippen molar-refractivity contribution in [2.24, 2.45) is 0 Å². The van der Waals surface area contributed by atoms with Gasteiger partial charge in [-0.1, -0.05) is 6.07 Å². The number of nitrogen functional groups attached to an aromatic ring is 6. The molecule has 2 aromatic carbocycles. The first-order chi connectivity index (χ1) is 8.41. The minimum absolute atomic E-state index is 0.470. The van der Waals surface area contributed by atoms with Gasteiger partial charge in [-0.25, -0.2) is 0 Å². The van der Waals surface area contributed by atoms with Crippen LogP contribution in [0.4, 0.5) is 34.1 Å². The lowest BCUT2D eigenvalue weighted by Crippen LogP contribution is -1.98. The summed E-state index contributed by atoms with van der Waals surface area (Å²) in [6.07, 6.45) is 0. The fourth-order valence-electron chi connectivity index (χ4n) is 1.19. The van der Waals surface area contributed by atoms with Gasteiger partial charge < -0.3 is 34.4 Å². The summed E-state index contributed by atoms with van der Waals surface area (Å²) >= 11 is 0. The van der Waals surface area contributed by atoms with E-state index >= 15 is 0 Å². The number of nitrogens with two attached hydrogens (primary N) is 6. The highest BCUT2D eigenvalue weighted by Crippen LogP contribution is 2.20. The van der Waals surface area contributed by atoms with Crippen LogP contribution in [0, 0.1) is 0 Å². The van der Waals surface area contributed by atoms with E-state index in [4.69, 9.17) is 34.4 Å². The average molecular weight is 246 g/mol. The van der Waals surface area contributed by atoms with Gasteiger partial charge in [-0.2, -0.15) is 0 Å². The van der Waals surface area contributed by atoms with Crippen LogP contribution in [0.3, 0.4) is 0 Å². The number of benzene rings is 2. The third-order valence-electron chi connectivity index (χ3n) is 2.28. The Balaban J connectivity index is 0.000000180. The quantitative estimate of drug-likeness (QED) is 0.378. The van der Waals surface area contributed by atoms with Crippen molar-refractivity contribution in [3.63, 3.8) is 0 Å². The molecule has 0 bridgehead atoms. The molecular weight excluding hydrogens is 228 g/mol. The van der Waals surface area contributed by atoms with Crippen LogP contribution in [0.5, 0.6) is 0 Å². The lowest BCUT2D eigenvalue weighted by molar-refractivity contribution is 1.65. The lowest BCUT2D eigenvalue weighted by atomic mass is 10.2. The Hall–Kier alpha value is -2.76. The average Bonchev–Trinajstić information content (AvgIpc) is 2.32. The molecule has 6 heteroatoms. The molecule has 12 N–H and O–H groups in total. The van der Waals surface area contributed by atoms with E-state index in [1.165, 1.54) is 0 Å². The van der Waals surface area contributed by atoms with E-state index in [-0.39, 0.29) is 0 Å². The maximum atomic E-state index is 5.43. The van der Waals surface area contributed by atoms with Crippen LogP contribution in [0.25, 0.3) is 0 Å². The van der Waals surface area contributed by atoms with E-state index in [9.17, 15) is 0 Å². The van der Waals surface area contributed by atoms with Crippen LogP contribution in [-0.2, 0) is 0 Å². The van der Waals surface area contributed by atoms with Gasteiger partial charge in [0.1, 0.15) is 0 Å². The molecular formula is C12H18N6. The largest absolute Gasteiger partial charge is 0.399 e. The molecule has 0 aliphatic heterocycles. The molecule has 0 saturated carbocycles. The highest BCUT2D eigenvalue weighted by atomic mass is 14.7. The smallest absolute Gasteiger partial charge is 0.0781 e. The highest BCUT2D eigenvalue weighted by molar-refractivity contribution is 5.76. The molecule has 0 atom stereocenters. The van der Waals surface area contributed by atoms with Crippen LogP contribution in [0.1, 0.15) is 0 Å². The fraction of sp³-hybridized carbons (Fsp3) is 0. The van der Waals surface area contributed by atoms with Crippen LogP contribution < -0.4 is 34.4 Å². The molecule has 2 aromatic rings. The van der Waals surface area contributed by atoms with Crippen molar-refractivity contribution in [3.05, 3.63) is 36.4 Å². The number of anilines is 6. The molecule has 0 fully saturated rings. The topological polar surface area (TPSA) is 156 Å². The molecule has 2 rings (SSSR count). The molecule has 96 valence electrons. The zero-order chi connectivity index (χ0) is 13.7. The van der Waals surface area contributed by atoms with Crippen LogP contribution in [0.15, 0.2) is 36.4 Å². The van der Waals surface area contributed by atoms with Crippen molar-refractivity contribution in [1.29, 1.82) is 0 Å². The summed E-state index contributed by atoms with van der Waals surface area (Å²) in [7, 11) is 0. The minimum atomic E-state index is 0.470. The molecule has 0 amide bonds.